The number of nitrogens with zero attached hydrogens (tertiary/aromatic N) is 1. The number of hydrogen-bond donors (Lipinski definition) is 1. The van der Waals surface area contributed by atoms with Gasteiger partial charge in [0, 0.05) is 19.6 Å². The molecule has 1 saturated heterocycles. The zero-order chi connectivity index (χ0) is 15.3. The lowest BCUT2D eigenvalue weighted by Gasteiger charge is -2.30. The summed E-state index contributed by atoms with van der Waals surface area (Å²) in [5, 5.41) is 2.97. The van der Waals surface area contributed by atoms with Crippen LogP contribution in [-0.4, -0.2) is 44.5 Å². The molecule has 2 aliphatic rings. The smallest absolute Gasteiger partial charge is 0.224 e. The van der Waals surface area contributed by atoms with Crippen molar-refractivity contribution in [1.82, 2.24) is 9.62 Å². The van der Waals surface area contributed by atoms with E-state index in [9.17, 15) is 13.2 Å². The summed E-state index contributed by atoms with van der Waals surface area (Å²) in [4.78, 5) is 12.2. The second kappa shape index (κ2) is 7.40. The molecule has 0 spiro atoms. The molecular formula is C15H26N2O3S. The summed E-state index contributed by atoms with van der Waals surface area (Å²) in [6.45, 7) is 1.53. The predicted molar refractivity (Wildman–Crippen MR) is 83.3 cm³/mol. The molecule has 1 fully saturated rings. The molecule has 0 aromatic carbocycles. The molecule has 0 radical (unpaired) electrons. The van der Waals surface area contributed by atoms with Crippen molar-refractivity contribution in [3.63, 3.8) is 0 Å². The van der Waals surface area contributed by atoms with Crippen LogP contribution in [0.25, 0.3) is 0 Å². The number of sulfonamides is 1. The van der Waals surface area contributed by atoms with Crippen molar-refractivity contribution in [2.24, 2.45) is 5.92 Å². The van der Waals surface area contributed by atoms with Crippen LogP contribution in [-0.2, 0) is 14.8 Å². The van der Waals surface area contributed by atoms with Crippen molar-refractivity contribution in [2.75, 3.05) is 25.9 Å². The molecule has 0 bridgehead atoms. The minimum Gasteiger partial charge on any atom is -0.356 e. The Balaban J connectivity index is 1.76. The van der Waals surface area contributed by atoms with E-state index >= 15 is 0 Å². The summed E-state index contributed by atoms with van der Waals surface area (Å²) >= 11 is 0. The van der Waals surface area contributed by atoms with Gasteiger partial charge in [-0.15, -0.1) is 0 Å². The number of carbonyl (C=O) groups excluding carboxylic acids is 1. The fraction of sp³-hybridized carbons (Fsp3) is 0.800. The molecule has 1 N–H and O–H groups in total. The summed E-state index contributed by atoms with van der Waals surface area (Å²) in [7, 11) is -3.19. The summed E-state index contributed by atoms with van der Waals surface area (Å²) in [5.74, 6) is -0.200. The van der Waals surface area contributed by atoms with Crippen molar-refractivity contribution in [1.29, 1.82) is 0 Å². The van der Waals surface area contributed by atoms with Crippen LogP contribution in [0.15, 0.2) is 11.6 Å². The van der Waals surface area contributed by atoms with Crippen LogP contribution in [0.4, 0.5) is 0 Å². The fourth-order valence-corrected chi connectivity index (χ4v) is 3.99. The molecule has 1 aliphatic heterocycles. The van der Waals surface area contributed by atoms with Gasteiger partial charge in [0.15, 0.2) is 0 Å². The van der Waals surface area contributed by atoms with Crippen molar-refractivity contribution in [3.05, 3.63) is 11.6 Å². The predicted octanol–water partition coefficient (Wildman–Crippen LogP) is 1.66. The van der Waals surface area contributed by atoms with Gasteiger partial charge >= 0.3 is 0 Å². The van der Waals surface area contributed by atoms with Gasteiger partial charge in [-0.2, -0.15) is 0 Å². The monoisotopic (exact) mass is 314 g/mol. The Morgan fingerprint density at radius 3 is 2.86 bits per heavy atom. The Bertz CT molecular complexity index is 499. The van der Waals surface area contributed by atoms with Gasteiger partial charge in [-0.05, 0) is 44.9 Å². The van der Waals surface area contributed by atoms with E-state index in [2.05, 4.69) is 11.4 Å². The van der Waals surface area contributed by atoms with Crippen LogP contribution in [0, 0.1) is 5.92 Å². The number of allylic oxidation sites excluding steroid dienone is 1. The average molecular weight is 314 g/mol. The molecule has 2 rings (SSSR count). The number of carbonyl (C=O) groups is 1. The molecule has 0 aromatic heterocycles. The standard InChI is InChI=1S/C15H26N2O3S/c1-21(19,20)17-11-5-8-14(12-17)15(18)16-10-9-13-6-3-2-4-7-13/h6,14H,2-5,7-12H2,1H3,(H,16,18)/t14-/m1/s1. The second-order valence-corrected chi connectivity index (χ2v) is 8.09. The molecule has 21 heavy (non-hydrogen) atoms. The van der Waals surface area contributed by atoms with Crippen molar-refractivity contribution >= 4 is 15.9 Å². The first kappa shape index (κ1) is 16.5. The van der Waals surface area contributed by atoms with E-state index in [0.29, 0.717) is 19.6 Å². The maximum absolute atomic E-state index is 12.2. The van der Waals surface area contributed by atoms with E-state index in [4.69, 9.17) is 0 Å². The highest BCUT2D eigenvalue weighted by atomic mass is 32.2. The zero-order valence-corrected chi connectivity index (χ0v) is 13.6. The number of rotatable bonds is 5. The van der Waals surface area contributed by atoms with Gasteiger partial charge in [-0.25, -0.2) is 12.7 Å². The lowest BCUT2D eigenvalue weighted by molar-refractivity contribution is -0.126. The van der Waals surface area contributed by atoms with Gasteiger partial charge < -0.3 is 5.32 Å². The second-order valence-electron chi connectivity index (χ2n) is 6.11. The SMILES string of the molecule is CS(=O)(=O)N1CCC[C@@H](C(=O)NCCC2=CCCCC2)C1. The largest absolute Gasteiger partial charge is 0.356 e. The maximum Gasteiger partial charge on any atom is 0.224 e. The number of amides is 1. The molecule has 0 saturated carbocycles. The topological polar surface area (TPSA) is 66.5 Å². The Kier molecular flexibility index (Phi) is 5.81. The third kappa shape index (κ3) is 5.11. The van der Waals surface area contributed by atoms with Crippen LogP contribution in [0.1, 0.15) is 44.9 Å². The minimum atomic E-state index is -3.19. The highest BCUT2D eigenvalue weighted by molar-refractivity contribution is 7.88. The summed E-state index contributed by atoms with van der Waals surface area (Å²) in [6.07, 6.45) is 10.8. The van der Waals surface area contributed by atoms with Crippen LogP contribution in [0.3, 0.4) is 0 Å². The van der Waals surface area contributed by atoms with E-state index in [1.807, 2.05) is 0 Å². The highest BCUT2D eigenvalue weighted by Gasteiger charge is 2.29. The Hall–Kier alpha value is -0.880. The van der Waals surface area contributed by atoms with Gasteiger partial charge in [-0.1, -0.05) is 11.6 Å². The minimum absolute atomic E-state index is 0.000223. The molecule has 0 aromatic rings. The summed E-state index contributed by atoms with van der Waals surface area (Å²) < 4.78 is 24.5. The molecule has 5 nitrogen and oxygen atoms in total. The summed E-state index contributed by atoms with van der Waals surface area (Å²) in [5.41, 5.74) is 1.45. The maximum atomic E-state index is 12.2. The molecule has 1 amide bonds. The Morgan fingerprint density at radius 2 is 2.19 bits per heavy atom. The average Bonchev–Trinajstić information content (AvgIpc) is 2.47. The molecule has 1 aliphatic carbocycles. The molecular weight excluding hydrogens is 288 g/mol. The Morgan fingerprint density at radius 1 is 1.38 bits per heavy atom. The van der Waals surface area contributed by atoms with Crippen molar-refractivity contribution < 1.29 is 13.2 Å². The van der Waals surface area contributed by atoms with E-state index in [1.54, 1.807) is 0 Å². The van der Waals surface area contributed by atoms with E-state index < -0.39 is 10.0 Å². The quantitative estimate of drug-likeness (QED) is 0.785. The Labute approximate surface area is 127 Å². The third-order valence-electron chi connectivity index (χ3n) is 4.35. The van der Waals surface area contributed by atoms with Crippen molar-refractivity contribution in [2.45, 2.75) is 44.9 Å². The first-order valence-electron chi connectivity index (χ1n) is 7.87. The normalized spacial score (nSPS) is 24.4. The number of nitrogens with one attached hydrogen (secondary N) is 1. The van der Waals surface area contributed by atoms with Gasteiger partial charge in [0.2, 0.25) is 15.9 Å². The first-order chi connectivity index (χ1) is 9.97. The van der Waals surface area contributed by atoms with E-state index in [0.717, 1.165) is 32.1 Å². The lowest BCUT2D eigenvalue weighted by atomic mass is 9.96. The van der Waals surface area contributed by atoms with Crippen LogP contribution in [0.2, 0.25) is 0 Å². The number of hydrogen-bond acceptors (Lipinski definition) is 3. The fourth-order valence-electron chi connectivity index (χ4n) is 3.08. The van der Waals surface area contributed by atoms with Crippen LogP contribution >= 0.6 is 0 Å². The molecule has 0 unspecified atom stereocenters. The van der Waals surface area contributed by atoms with E-state index in [-0.39, 0.29) is 11.8 Å². The van der Waals surface area contributed by atoms with Gasteiger partial charge in [0.25, 0.3) is 0 Å². The number of piperidine rings is 1. The molecule has 1 atom stereocenters. The van der Waals surface area contributed by atoms with Crippen LogP contribution in [0.5, 0.6) is 0 Å². The highest BCUT2D eigenvalue weighted by Crippen LogP contribution is 2.20. The molecule has 1 heterocycles. The lowest BCUT2D eigenvalue weighted by Crippen LogP contribution is -2.45. The third-order valence-corrected chi connectivity index (χ3v) is 5.62. The van der Waals surface area contributed by atoms with Gasteiger partial charge in [0.1, 0.15) is 0 Å². The van der Waals surface area contributed by atoms with Gasteiger partial charge in [-0.3, -0.25) is 4.79 Å². The first-order valence-corrected chi connectivity index (χ1v) is 9.72. The summed E-state index contributed by atoms with van der Waals surface area (Å²) in [6, 6.07) is 0. The van der Waals surface area contributed by atoms with Crippen LogP contribution < -0.4 is 5.32 Å². The van der Waals surface area contributed by atoms with E-state index in [1.165, 1.54) is 29.0 Å². The van der Waals surface area contributed by atoms with Crippen molar-refractivity contribution in [3.8, 4) is 0 Å². The van der Waals surface area contributed by atoms with Gasteiger partial charge in [0.05, 0.1) is 12.2 Å². The molecule has 6 heteroatoms. The zero-order valence-electron chi connectivity index (χ0n) is 12.8. The molecule has 120 valence electrons.